The van der Waals surface area contributed by atoms with Crippen LogP contribution in [0, 0.1) is 0 Å². The van der Waals surface area contributed by atoms with Crippen LogP contribution in [-0.4, -0.2) is 64.2 Å². The molecule has 0 radical (unpaired) electrons. The fourth-order valence-corrected chi connectivity index (χ4v) is 1.02. The highest BCUT2D eigenvalue weighted by atomic mass is 16.6. The summed E-state index contributed by atoms with van der Waals surface area (Å²) in [4.78, 5) is 41.2. The third-order valence-corrected chi connectivity index (χ3v) is 1.79. The monoisotopic (exact) mass is 265 g/mol. The summed E-state index contributed by atoms with van der Waals surface area (Å²) in [5.74, 6) is -3.13. The van der Waals surface area contributed by atoms with E-state index in [9.17, 15) is 24.4 Å². The normalized spacial score (nSPS) is 13.4. The summed E-state index contributed by atoms with van der Waals surface area (Å²) in [5.41, 5.74) is 0. The fraction of sp³-hybridized carbons (Fsp3) is 0.500. The third-order valence-electron chi connectivity index (χ3n) is 1.79. The lowest BCUT2D eigenvalue weighted by molar-refractivity contribution is -0.243. The van der Waals surface area contributed by atoms with Crippen LogP contribution >= 0.6 is 0 Å². The number of ether oxygens (including phenoxy) is 2. The van der Waals surface area contributed by atoms with Gasteiger partial charge in [-0.05, 0) is 0 Å². The Morgan fingerprint density at radius 1 is 1.22 bits per heavy atom. The van der Waals surface area contributed by atoms with Crippen molar-refractivity contribution in [2.45, 2.75) is 18.7 Å². The van der Waals surface area contributed by atoms with Crippen LogP contribution in [-0.2, 0) is 28.7 Å². The Labute approximate surface area is 100 Å². The van der Waals surface area contributed by atoms with E-state index in [1.54, 1.807) is 0 Å². The number of carbonyl (C=O) groups excluding carboxylic acids is 2. The van der Waals surface area contributed by atoms with Crippen LogP contribution in [0.4, 0.5) is 0 Å². The van der Waals surface area contributed by atoms with Crippen LogP contribution in [0.15, 0.2) is 0 Å². The summed E-state index contributed by atoms with van der Waals surface area (Å²) in [6, 6.07) is -1.86. The second-order valence-corrected chi connectivity index (χ2v) is 2.95. The molecule has 0 saturated carbocycles. The highest BCUT2D eigenvalue weighted by Gasteiger charge is 2.34. The zero-order valence-corrected chi connectivity index (χ0v) is 8.96. The van der Waals surface area contributed by atoms with Gasteiger partial charge in [-0.15, -0.1) is 5.06 Å². The molecule has 0 bridgehead atoms. The number of nitrogens with zero attached hydrogens (tertiary/aromatic N) is 1. The highest BCUT2D eigenvalue weighted by molar-refractivity contribution is 5.80. The van der Waals surface area contributed by atoms with Crippen LogP contribution in [0.3, 0.4) is 0 Å². The molecule has 0 saturated heterocycles. The van der Waals surface area contributed by atoms with E-state index in [0.29, 0.717) is 0 Å². The van der Waals surface area contributed by atoms with Crippen molar-refractivity contribution in [3.05, 3.63) is 0 Å². The second kappa shape index (κ2) is 7.97. The number of rotatable bonds is 10. The van der Waals surface area contributed by atoms with Gasteiger partial charge in [-0.25, -0.2) is 0 Å². The smallest absolute Gasteiger partial charge is 0.324 e. The molecule has 10 nitrogen and oxygen atoms in total. The van der Waals surface area contributed by atoms with Gasteiger partial charge in [-0.1, -0.05) is 0 Å². The van der Waals surface area contributed by atoms with Crippen molar-refractivity contribution in [3.63, 3.8) is 0 Å². The Hall–Kier alpha value is -2.20. The summed E-state index contributed by atoms with van der Waals surface area (Å²) in [7, 11) is 0. The van der Waals surface area contributed by atoms with E-state index >= 15 is 0 Å². The highest BCUT2D eigenvalue weighted by Crippen LogP contribution is 2.08. The SMILES string of the molecule is O=COCC(OC=O)N(O)C(CC(=O)O)C(=O)O. The minimum absolute atomic E-state index is 0.0119. The van der Waals surface area contributed by atoms with Crippen molar-refractivity contribution in [3.8, 4) is 0 Å². The van der Waals surface area contributed by atoms with Gasteiger partial charge in [-0.2, -0.15) is 0 Å². The number of hydroxylamine groups is 2. The van der Waals surface area contributed by atoms with Crippen LogP contribution in [0.1, 0.15) is 6.42 Å². The molecule has 10 heteroatoms. The average Bonchev–Trinajstić information content (AvgIpc) is 2.30. The molecule has 0 aliphatic heterocycles. The Morgan fingerprint density at radius 3 is 2.22 bits per heavy atom. The van der Waals surface area contributed by atoms with Crippen LogP contribution < -0.4 is 0 Å². The summed E-state index contributed by atoms with van der Waals surface area (Å²) in [5, 5.41) is 26.6. The van der Waals surface area contributed by atoms with E-state index in [2.05, 4.69) is 9.47 Å². The van der Waals surface area contributed by atoms with E-state index < -0.39 is 37.2 Å². The molecule has 0 rings (SSSR count). The van der Waals surface area contributed by atoms with E-state index in [-0.39, 0.29) is 18.0 Å². The summed E-state index contributed by atoms with van der Waals surface area (Å²) < 4.78 is 8.47. The van der Waals surface area contributed by atoms with Gasteiger partial charge in [0.2, 0.25) is 6.23 Å². The zero-order chi connectivity index (χ0) is 14.1. The van der Waals surface area contributed by atoms with Gasteiger partial charge in [-0.3, -0.25) is 19.2 Å². The number of aliphatic carboxylic acids is 2. The number of carboxylic acids is 2. The summed E-state index contributed by atoms with van der Waals surface area (Å²) in [6.07, 6.45) is -2.56. The molecule has 3 N–H and O–H groups in total. The van der Waals surface area contributed by atoms with E-state index in [1.807, 2.05) is 0 Å². The maximum atomic E-state index is 10.7. The molecule has 2 atom stereocenters. The third kappa shape index (κ3) is 5.23. The molecule has 0 aromatic carbocycles. The maximum Gasteiger partial charge on any atom is 0.324 e. The number of hydrogen-bond donors (Lipinski definition) is 3. The summed E-state index contributed by atoms with van der Waals surface area (Å²) in [6.45, 7) is -0.772. The van der Waals surface area contributed by atoms with Gasteiger partial charge < -0.3 is 24.9 Å². The number of hydrogen-bond acceptors (Lipinski definition) is 8. The quantitative estimate of drug-likeness (QED) is 0.236. The van der Waals surface area contributed by atoms with Gasteiger partial charge in [0.05, 0.1) is 6.42 Å². The van der Waals surface area contributed by atoms with Crippen molar-refractivity contribution in [2.24, 2.45) is 0 Å². The van der Waals surface area contributed by atoms with Crippen LogP contribution in [0.2, 0.25) is 0 Å². The number of carboxylic acid groups (broad SMARTS) is 2. The Balaban J connectivity index is 4.79. The number of carbonyl (C=O) groups is 4. The Bertz CT molecular complexity index is 318. The molecular weight excluding hydrogens is 254 g/mol. The fourth-order valence-electron chi connectivity index (χ4n) is 1.02. The first-order chi connectivity index (χ1) is 8.43. The minimum Gasteiger partial charge on any atom is -0.481 e. The van der Waals surface area contributed by atoms with Gasteiger partial charge in [0.1, 0.15) is 12.6 Å². The molecule has 0 aliphatic carbocycles. The molecule has 0 spiro atoms. The van der Waals surface area contributed by atoms with Crippen molar-refractivity contribution in [1.29, 1.82) is 0 Å². The van der Waals surface area contributed by atoms with Crippen LogP contribution in [0.25, 0.3) is 0 Å². The first kappa shape index (κ1) is 15.8. The molecule has 0 aliphatic rings. The van der Waals surface area contributed by atoms with Crippen molar-refractivity contribution < 1.29 is 44.1 Å². The maximum absolute atomic E-state index is 10.7. The predicted molar refractivity (Wildman–Crippen MR) is 50.3 cm³/mol. The molecular formula is C8H11NO9. The lowest BCUT2D eigenvalue weighted by Crippen LogP contribution is -2.49. The van der Waals surface area contributed by atoms with Gasteiger partial charge in [0, 0.05) is 0 Å². The topological polar surface area (TPSA) is 151 Å². The largest absolute Gasteiger partial charge is 0.481 e. The minimum atomic E-state index is -1.86. The predicted octanol–water partition coefficient (Wildman–Crippen LogP) is -1.72. The molecule has 0 fully saturated rings. The van der Waals surface area contributed by atoms with Gasteiger partial charge in [0.25, 0.3) is 12.9 Å². The molecule has 0 aromatic rings. The first-order valence-electron chi connectivity index (χ1n) is 4.50. The first-order valence-corrected chi connectivity index (χ1v) is 4.50. The van der Waals surface area contributed by atoms with E-state index in [4.69, 9.17) is 10.2 Å². The van der Waals surface area contributed by atoms with Crippen molar-refractivity contribution >= 4 is 24.9 Å². The van der Waals surface area contributed by atoms with Gasteiger partial charge in [0.15, 0.2) is 0 Å². The lowest BCUT2D eigenvalue weighted by Gasteiger charge is -2.27. The molecule has 0 heterocycles. The Morgan fingerprint density at radius 2 is 1.83 bits per heavy atom. The molecule has 0 amide bonds. The van der Waals surface area contributed by atoms with E-state index in [1.165, 1.54) is 0 Å². The molecule has 0 aromatic heterocycles. The zero-order valence-electron chi connectivity index (χ0n) is 8.96. The molecule has 18 heavy (non-hydrogen) atoms. The van der Waals surface area contributed by atoms with E-state index in [0.717, 1.165) is 0 Å². The van der Waals surface area contributed by atoms with Gasteiger partial charge >= 0.3 is 11.9 Å². The summed E-state index contributed by atoms with van der Waals surface area (Å²) >= 11 is 0. The molecule has 102 valence electrons. The van der Waals surface area contributed by atoms with Crippen LogP contribution in [0.5, 0.6) is 0 Å². The standard InChI is InChI=1S/C8H11NO9/c10-3-17-2-6(18-4-11)9(16)5(8(14)15)1-7(12)13/h3-6,16H,1-2H2,(H,12,13)(H,14,15). The second-order valence-electron chi connectivity index (χ2n) is 2.95. The molecule has 2 unspecified atom stereocenters. The average molecular weight is 265 g/mol. The lowest BCUT2D eigenvalue weighted by atomic mass is 10.2. The van der Waals surface area contributed by atoms with Crippen molar-refractivity contribution in [2.75, 3.05) is 6.61 Å². The Kier molecular flexibility index (Phi) is 7.00. The van der Waals surface area contributed by atoms with Crippen molar-refractivity contribution in [1.82, 2.24) is 5.06 Å².